The molecule has 3 rings (SSSR count). The molecule has 0 saturated carbocycles. The Labute approximate surface area is 200 Å². The predicted molar refractivity (Wildman–Crippen MR) is 131 cm³/mol. The highest BCUT2D eigenvalue weighted by molar-refractivity contribution is 7.89. The Morgan fingerprint density at radius 1 is 0.853 bits per heavy atom. The van der Waals surface area contributed by atoms with Crippen LogP contribution >= 0.6 is 0 Å². The molecule has 0 aliphatic rings. The van der Waals surface area contributed by atoms with E-state index in [0.717, 1.165) is 11.1 Å². The van der Waals surface area contributed by atoms with Crippen LogP contribution < -0.4 is 10.0 Å². The Morgan fingerprint density at radius 3 is 2.12 bits per heavy atom. The van der Waals surface area contributed by atoms with E-state index in [1.165, 1.54) is 24.3 Å². The first kappa shape index (κ1) is 25.1. The van der Waals surface area contributed by atoms with Crippen molar-refractivity contribution < 1.29 is 22.7 Å². The van der Waals surface area contributed by atoms with Crippen molar-refractivity contribution in [2.45, 2.75) is 37.6 Å². The van der Waals surface area contributed by atoms with Gasteiger partial charge in [0.05, 0.1) is 10.5 Å². The lowest BCUT2D eigenvalue weighted by Crippen LogP contribution is -2.40. The Kier molecular flexibility index (Phi) is 7.86. The fraction of sp³-hybridized carbons (Fsp3) is 0.231. The van der Waals surface area contributed by atoms with Gasteiger partial charge in [-0.1, -0.05) is 48.5 Å². The monoisotopic (exact) mass is 480 g/mol. The first-order valence-electron chi connectivity index (χ1n) is 10.8. The summed E-state index contributed by atoms with van der Waals surface area (Å²) in [5.74, 6) is -1.19. The number of ether oxygens (including phenoxy) is 1. The van der Waals surface area contributed by atoms with Crippen molar-refractivity contribution in [1.82, 2.24) is 4.72 Å². The molecule has 0 heterocycles. The van der Waals surface area contributed by atoms with Gasteiger partial charge in [0.1, 0.15) is 0 Å². The maximum Gasteiger partial charge on any atom is 0.338 e. The minimum absolute atomic E-state index is 0.0340. The van der Waals surface area contributed by atoms with Gasteiger partial charge in [0.15, 0.2) is 6.61 Å². The Morgan fingerprint density at radius 2 is 1.47 bits per heavy atom. The summed E-state index contributed by atoms with van der Waals surface area (Å²) in [6, 6.07) is 22.7. The molecule has 178 valence electrons. The third-order valence-corrected chi connectivity index (χ3v) is 6.48. The van der Waals surface area contributed by atoms with E-state index in [2.05, 4.69) is 10.0 Å². The maximum atomic E-state index is 12.4. The lowest BCUT2D eigenvalue weighted by molar-refractivity contribution is -0.119. The highest BCUT2D eigenvalue weighted by Crippen LogP contribution is 2.19. The average molecular weight is 481 g/mol. The number of benzene rings is 3. The predicted octanol–water partition coefficient (Wildman–Crippen LogP) is 4.15. The Bertz CT molecular complexity index is 1250. The molecule has 0 spiro atoms. The molecule has 0 radical (unpaired) electrons. The van der Waals surface area contributed by atoms with Gasteiger partial charge in [0.25, 0.3) is 5.91 Å². The van der Waals surface area contributed by atoms with Crippen molar-refractivity contribution in [3.05, 3.63) is 95.6 Å². The van der Waals surface area contributed by atoms with Crippen LogP contribution in [0, 0.1) is 0 Å². The summed E-state index contributed by atoms with van der Waals surface area (Å²) in [6.45, 7) is 4.74. The third-order valence-electron chi connectivity index (χ3n) is 4.70. The summed E-state index contributed by atoms with van der Waals surface area (Å²) < 4.78 is 32.4. The molecular weight excluding hydrogens is 452 g/mol. The van der Waals surface area contributed by atoms with Gasteiger partial charge >= 0.3 is 5.97 Å². The van der Waals surface area contributed by atoms with E-state index in [0.29, 0.717) is 12.1 Å². The molecular formula is C26H28N2O5S. The highest BCUT2D eigenvalue weighted by atomic mass is 32.2. The van der Waals surface area contributed by atoms with E-state index in [-0.39, 0.29) is 10.5 Å². The van der Waals surface area contributed by atoms with Crippen LogP contribution in [0.25, 0.3) is 0 Å². The molecule has 0 aromatic heterocycles. The normalized spacial score (nSPS) is 11.6. The van der Waals surface area contributed by atoms with Crippen LogP contribution in [0.5, 0.6) is 0 Å². The van der Waals surface area contributed by atoms with Gasteiger partial charge in [-0.05, 0) is 68.7 Å². The molecule has 0 saturated heterocycles. The summed E-state index contributed by atoms with van der Waals surface area (Å²) >= 11 is 0. The van der Waals surface area contributed by atoms with Crippen LogP contribution in [0.2, 0.25) is 0 Å². The molecule has 0 unspecified atom stereocenters. The topological polar surface area (TPSA) is 102 Å². The van der Waals surface area contributed by atoms with Crippen molar-refractivity contribution >= 4 is 27.6 Å². The summed E-state index contributed by atoms with van der Waals surface area (Å²) in [4.78, 5) is 24.8. The summed E-state index contributed by atoms with van der Waals surface area (Å²) in [7, 11) is -3.71. The number of rotatable bonds is 8. The summed E-state index contributed by atoms with van der Waals surface area (Å²) in [5.41, 5.74) is 2.21. The van der Waals surface area contributed by atoms with E-state index in [4.69, 9.17) is 4.74 Å². The third kappa shape index (κ3) is 7.26. The number of amides is 1. The van der Waals surface area contributed by atoms with Crippen LogP contribution in [-0.4, -0.2) is 32.4 Å². The first-order valence-corrected chi connectivity index (χ1v) is 12.2. The van der Waals surface area contributed by atoms with Crippen molar-refractivity contribution in [3.63, 3.8) is 0 Å². The Balaban J connectivity index is 1.58. The van der Waals surface area contributed by atoms with Crippen LogP contribution in [0.4, 0.5) is 5.69 Å². The maximum absolute atomic E-state index is 12.4. The zero-order chi connectivity index (χ0) is 24.8. The first-order chi connectivity index (χ1) is 16.0. The van der Waals surface area contributed by atoms with Gasteiger partial charge < -0.3 is 10.1 Å². The fourth-order valence-electron chi connectivity index (χ4n) is 3.25. The molecule has 1 amide bonds. The number of nitrogens with one attached hydrogen (secondary N) is 2. The molecule has 0 aliphatic heterocycles. The van der Waals surface area contributed by atoms with Gasteiger partial charge in [0, 0.05) is 11.2 Å². The lowest BCUT2D eigenvalue weighted by Gasteiger charge is -2.20. The SMILES string of the molecule is CC(C)(C)NS(=O)(=O)c1ccc(C(=O)OCC(=O)Nc2ccccc2Cc2ccccc2)cc1. The molecule has 0 bridgehead atoms. The summed E-state index contributed by atoms with van der Waals surface area (Å²) in [5, 5.41) is 2.78. The van der Waals surface area contributed by atoms with E-state index in [1.807, 2.05) is 48.5 Å². The van der Waals surface area contributed by atoms with E-state index in [1.54, 1.807) is 26.8 Å². The van der Waals surface area contributed by atoms with Crippen LogP contribution in [-0.2, 0) is 26.0 Å². The molecule has 8 heteroatoms. The lowest BCUT2D eigenvalue weighted by atomic mass is 10.0. The van der Waals surface area contributed by atoms with E-state index >= 15 is 0 Å². The van der Waals surface area contributed by atoms with Crippen molar-refractivity contribution in [2.24, 2.45) is 0 Å². The number of para-hydroxylation sites is 1. The van der Waals surface area contributed by atoms with Gasteiger partial charge in [-0.3, -0.25) is 4.79 Å². The Hall–Kier alpha value is -3.49. The van der Waals surface area contributed by atoms with Gasteiger partial charge in [0.2, 0.25) is 10.0 Å². The number of hydrogen-bond donors (Lipinski definition) is 2. The van der Waals surface area contributed by atoms with E-state index in [9.17, 15) is 18.0 Å². The molecule has 34 heavy (non-hydrogen) atoms. The minimum Gasteiger partial charge on any atom is -0.452 e. The van der Waals surface area contributed by atoms with E-state index < -0.39 is 34.0 Å². The molecule has 3 aromatic rings. The molecule has 0 aliphatic carbocycles. The van der Waals surface area contributed by atoms with Crippen molar-refractivity contribution in [3.8, 4) is 0 Å². The van der Waals surface area contributed by atoms with Gasteiger partial charge in [-0.25, -0.2) is 17.9 Å². The second kappa shape index (κ2) is 10.6. The van der Waals surface area contributed by atoms with Gasteiger partial charge in [-0.15, -0.1) is 0 Å². The number of carbonyl (C=O) groups excluding carboxylic acids is 2. The molecule has 3 aromatic carbocycles. The van der Waals surface area contributed by atoms with Crippen LogP contribution in [0.1, 0.15) is 42.3 Å². The number of sulfonamides is 1. The number of carbonyl (C=O) groups is 2. The summed E-state index contributed by atoms with van der Waals surface area (Å²) in [6.07, 6.45) is 0.649. The fourth-order valence-corrected chi connectivity index (χ4v) is 4.66. The highest BCUT2D eigenvalue weighted by Gasteiger charge is 2.22. The average Bonchev–Trinajstić information content (AvgIpc) is 2.78. The quantitative estimate of drug-likeness (QED) is 0.472. The molecule has 0 fully saturated rings. The zero-order valence-corrected chi connectivity index (χ0v) is 20.2. The second-order valence-electron chi connectivity index (χ2n) is 8.82. The molecule has 0 atom stereocenters. The smallest absolute Gasteiger partial charge is 0.338 e. The van der Waals surface area contributed by atoms with Crippen LogP contribution in [0.3, 0.4) is 0 Å². The molecule has 7 nitrogen and oxygen atoms in total. The standard InChI is InChI=1S/C26H28N2O5S/c1-26(2,3)28-34(31,32)22-15-13-20(14-16-22)25(30)33-18-24(29)27-23-12-8-7-11-21(23)17-19-9-5-4-6-10-19/h4-16,28H,17-18H2,1-3H3,(H,27,29). The largest absolute Gasteiger partial charge is 0.452 e. The molecule has 2 N–H and O–H groups in total. The van der Waals surface area contributed by atoms with Crippen molar-refractivity contribution in [1.29, 1.82) is 0 Å². The van der Waals surface area contributed by atoms with Crippen molar-refractivity contribution in [2.75, 3.05) is 11.9 Å². The zero-order valence-electron chi connectivity index (χ0n) is 19.4. The number of hydrogen-bond acceptors (Lipinski definition) is 5. The van der Waals surface area contributed by atoms with Crippen LogP contribution in [0.15, 0.2) is 83.8 Å². The second-order valence-corrected chi connectivity index (χ2v) is 10.5. The number of esters is 1. The van der Waals surface area contributed by atoms with Gasteiger partial charge in [-0.2, -0.15) is 0 Å². The minimum atomic E-state index is -3.71. The number of anilines is 1.